The molecule has 2 rings (SSSR count). The fourth-order valence-corrected chi connectivity index (χ4v) is 3.76. The Labute approximate surface area is 152 Å². The Bertz CT molecular complexity index is 637. The number of urea groups is 1. The van der Waals surface area contributed by atoms with Crippen LogP contribution in [0.5, 0.6) is 0 Å². The van der Waals surface area contributed by atoms with Crippen molar-refractivity contribution in [2.75, 3.05) is 0 Å². The molecular formula is C18H26N2O4S. The summed E-state index contributed by atoms with van der Waals surface area (Å²) >= 11 is 1.45. The summed E-state index contributed by atoms with van der Waals surface area (Å²) in [5.41, 5.74) is 0.759. The molecule has 0 aliphatic heterocycles. The second-order valence-corrected chi connectivity index (χ2v) is 8.50. The van der Waals surface area contributed by atoms with Crippen LogP contribution in [-0.4, -0.2) is 29.6 Å². The molecule has 0 saturated carbocycles. The van der Waals surface area contributed by atoms with Crippen molar-refractivity contribution < 1.29 is 19.1 Å². The Morgan fingerprint density at radius 1 is 1.16 bits per heavy atom. The van der Waals surface area contributed by atoms with E-state index < -0.39 is 29.6 Å². The summed E-state index contributed by atoms with van der Waals surface area (Å²) in [6.07, 6.45) is 4.44. The van der Waals surface area contributed by atoms with Crippen LogP contribution < -0.4 is 10.6 Å². The van der Waals surface area contributed by atoms with Crippen LogP contribution in [0.1, 0.15) is 67.1 Å². The van der Waals surface area contributed by atoms with Crippen LogP contribution in [-0.2, 0) is 22.4 Å². The van der Waals surface area contributed by atoms with E-state index in [1.807, 2.05) is 6.07 Å². The number of esters is 1. The van der Waals surface area contributed by atoms with Crippen LogP contribution in [0, 0.1) is 0 Å². The zero-order valence-corrected chi connectivity index (χ0v) is 16.0. The van der Waals surface area contributed by atoms with Gasteiger partial charge in [0.2, 0.25) is 0 Å². The van der Waals surface area contributed by atoms with Crippen molar-refractivity contribution in [2.45, 2.75) is 71.4 Å². The average Bonchev–Trinajstić information content (AvgIpc) is 2.76. The largest absolute Gasteiger partial charge is 0.448 e. The molecule has 1 aliphatic rings. The Hall–Kier alpha value is -1.89. The summed E-state index contributed by atoms with van der Waals surface area (Å²) < 4.78 is 5.22. The number of amides is 3. The minimum absolute atomic E-state index is 0.459. The smallest absolute Gasteiger partial charge is 0.349 e. The van der Waals surface area contributed by atoms with Gasteiger partial charge in [-0.25, -0.2) is 9.59 Å². The molecule has 1 heterocycles. The first-order chi connectivity index (χ1) is 11.7. The molecule has 0 fully saturated rings. The molecule has 0 bridgehead atoms. The standard InChI is InChI=1S/C18H26N2O4S/c1-11(15(21)19-17(23)20-18(2,3)4)24-16(22)14-10-12-8-6-5-7-9-13(12)25-14/h10-11H,5-9H2,1-4H3,(H2,19,20,21,23)/t11-/m1/s1. The highest BCUT2D eigenvalue weighted by atomic mass is 32.1. The number of thiophene rings is 1. The highest BCUT2D eigenvalue weighted by Gasteiger charge is 2.24. The van der Waals surface area contributed by atoms with Crippen LogP contribution in [0.4, 0.5) is 4.79 Å². The van der Waals surface area contributed by atoms with E-state index in [-0.39, 0.29) is 0 Å². The summed E-state index contributed by atoms with van der Waals surface area (Å²) in [7, 11) is 0. The number of ether oxygens (including phenoxy) is 1. The zero-order chi connectivity index (χ0) is 18.6. The Kier molecular flexibility index (Phi) is 6.21. The third-order valence-corrected chi connectivity index (χ3v) is 5.04. The molecule has 0 saturated heterocycles. The van der Waals surface area contributed by atoms with E-state index in [9.17, 15) is 14.4 Å². The minimum atomic E-state index is -1.04. The first kappa shape index (κ1) is 19.4. The highest BCUT2D eigenvalue weighted by molar-refractivity contribution is 7.14. The van der Waals surface area contributed by atoms with Crippen molar-refractivity contribution in [1.29, 1.82) is 0 Å². The normalized spacial score (nSPS) is 15.5. The van der Waals surface area contributed by atoms with E-state index in [4.69, 9.17) is 4.74 Å². The predicted molar refractivity (Wildman–Crippen MR) is 96.9 cm³/mol. The topological polar surface area (TPSA) is 84.5 Å². The highest BCUT2D eigenvalue weighted by Crippen LogP contribution is 2.29. The van der Waals surface area contributed by atoms with Crippen molar-refractivity contribution in [3.63, 3.8) is 0 Å². The molecule has 1 aromatic heterocycles. The lowest BCUT2D eigenvalue weighted by molar-refractivity contribution is -0.127. The third kappa shape index (κ3) is 5.85. The number of nitrogens with one attached hydrogen (secondary N) is 2. The number of carbonyl (C=O) groups is 3. The average molecular weight is 366 g/mol. The molecular weight excluding hydrogens is 340 g/mol. The van der Waals surface area contributed by atoms with E-state index in [0.717, 1.165) is 25.7 Å². The van der Waals surface area contributed by atoms with Gasteiger partial charge in [-0.1, -0.05) is 6.42 Å². The fourth-order valence-electron chi connectivity index (χ4n) is 2.63. The molecule has 25 heavy (non-hydrogen) atoms. The Morgan fingerprint density at radius 2 is 1.84 bits per heavy atom. The van der Waals surface area contributed by atoms with Crippen LogP contribution in [0.2, 0.25) is 0 Å². The Morgan fingerprint density at radius 3 is 2.52 bits per heavy atom. The zero-order valence-electron chi connectivity index (χ0n) is 15.2. The molecule has 138 valence electrons. The van der Waals surface area contributed by atoms with Gasteiger partial charge in [-0.3, -0.25) is 10.1 Å². The molecule has 1 aliphatic carbocycles. The maximum atomic E-state index is 12.3. The van der Waals surface area contributed by atoms with E-state index >= 15 is 0 Å². The van der Waals surface area contributed by atoms with Gasteiger partial charge >= 0.3 is 12.0 Å². The van der Waals surface area contributed by atoms with Crippen molar-refractivity contribution in [3.8, 4) is 0 Å². The van der Waals surface area contributed by atoms with Crippen molar-refractivity contribution in [3.05, 3.63) is 21.4 Å². The lowest BCUT2D eigenvalue weighted by Gasteiger charge is -2.21. The number of aryl methyl sites for hydroxylation is 2. The van der Waals surface area contributed by atoms with Crippen molar-refractivity contribution >= 4 is 29.2 Å². The molecule has 0 aromatic carbocycles. The van der Waals surface area contributed by atoms with Gasteiger partial charge in [-0.15, -0.1) is 11.3 Å². The van der Waals surface area contributed by atoms with Gasteiger partial charge in [0.05, 0.1) is 0 Å². The molecule has 0 unspecified atom stereocenters. The summed E-state index contributed by atoms with van der Waals surface area (Å²) in [6, 6.07) is 1.27. The van der Waals surface area contributed by atoms with Gasteiger partial charge in [-0.2, -0.15) is 0 Å². The van der Waals surface area contributed by atoms with Crippen molar-refractivity contribution in [2.24, 2.45) is 0 Å². The summed E-state index contributed by atoms with van der Waals surface area (Å²) in [5.74, 6) is -1.16. The fraction of sp³-hybridized carbons (Fsp3) is 0.611. The van der Waals surface area contributed by atoms with Gasteiger partial charge in [-0.05, 0) is 65.0 Å². The molecule has 3 amide bonds. The lowest BCUT2D eigenvalue weighted by atomic mass is 10.1. The maximum absolute atomic E-state index is 12.3. The first-order valence-corrected chi connectivity index (χ1v) is 9.43. The van der Waals surface area contributed by atoms with E-state index in [0.29, 0.717) is 4.88 Å². The summed E-state index contributed by atoms with van der Waals surface area (Å²) in [4.78, 5) is 37.8. The Balaban J connectivity index is 1.91. The molecule has 7 heteroatoms. The third-order valence-electron chi connectivity index (χ3n) is 3.83. The first-order valence-electron chi connectivity index (χ1n) is 8.61. The van der Waals surface area contributed by atoms with Crippen molar-refractivity contribution in [1.82, 2.24) is 10.6 Å². The predicted octanol–water partition coefficient (Wildman–Crippen LogP) is 3.19. The summed E-state index contributed by atoms with van der Waals surface area (Å²) in [6.45, 7) is 6.88. The van der Waals surface area contributed by atoms with Crippen LogP contribution in [0.25, 0.3) is 0 Å². The lowest BCUT2D eigenvalue weighted by Crippen LogP contribution is -2.50. The van der Waals surface area contributed by atoms with Gasteiger partial charge in [0.25, 0.3) is 5.91 Å². The molecule has 0 radical (unpaired) electrons. The minimum Gasteiger partial charge on any atom is -0.448 e. The SMILES string of the molecule is C[C@@H](OC(=O)c1cc2c(s1)CCCCC2)C(=O)NC(=O)NC(C)(C)C. The number of rotatable bonds is 3. The summed E-state index contributed by atoms with van der Waals surface area (Å²) in [5, 5.41) is 4.81. The molecule has 2 N–H and O–H groups in total. The molecule has 6 nitrogen and oxygen atoms in total. The number of hydrogen-bond acceptors (Lipinski definition) is 5. The number of fused-ring (bicyclic) bond motifs is 1. The number of imide groups is 1. The van der Waals surface area contributed by atoms with Gasteiger partial charge in [0.15, 0.2) is 6.10 Å². The van der Waals surface area contributed by atoms with Crippen LogP contribution >= 0.6 is 11.3 Å². The maximum Gasteiger partial charge on any atom is 0.349 e. The van der Waals surface area contributed by atoms with E-state index in [2.05, 4.69) is 10.6 Å². The van der Waals surface area contributed by atoms with Gasteiger partial charge < -0.3 is 10.1 Å². The second kappa shape index (κ2) is 7.99. The quantitative estimate of drug-likeness (QED) is 0.635. The van der Waals surface area contributed by atoms with Crippen LogP contribution in [0.15, 0.2) is 6.07 Å². The van der Waals surface area contributed by atoms with E-state index in [1.54, 1.807) is 20.8 Å². The molecule has 1 atom stereocenters. The number of carbonyl (C=O) groups excluding carboxylic acids is 3. The van der Waals surface area contributed by atoms with Gasteiger partial charge in [0, 0.05) is 10.4 Å². The van der Waals surface area contributed by atoms with Crippen LogP contribution in [0.3, 0.4) is 0 Å². The molecule has 0 spiro atoms. The second-order valence-electron chi connectivity index (χ2n) is 7.36. The molecule has 1 aromatic rings. The number of hydrogen-bond donors (Lipinski definition) is 2. The van der Waals surface area contributed by atoms with E-state index in [1.165, 1.54) is 35.1 Å². The monoisotopic (exact) mass is 366 g/mol. The van der Waals surface area contributed by atoms with Gasteiger partial charge in [0.1, 0.15) is 4.88 Å².